The molecular formula is C14H19N. The van der Waals surface area contributed by atoms with Gasteiger partial charge in [-0.3, -0.25) is 4.90 Å². The molecule has 1 heterocycles. The van der Waals surface area contributed by atoms with Crippen molar-refractivity contribution < 1.29 is 0 Å². The van der Waals surface area contributed by atoms with E-state index in [9.17, 15) is 0 Å². The van der Waals surface area contributed by atoms with Gasteiger partial charge in [0.1, 0.15) is 0 Å². The van der Waals surface area contributed by atoms with Crippen molar-refractivity contribution in [3.8, 4) is 0 Å². The Hall–Kier alpha value is -0.820. The number of likely N-dealkylation sites (N-methyl/N-ethyl adjacent to an activating group) is 1. The van der Waals surface area contributed by atoms with Crippen LogP contribution in [0, 0.1) is 0 Å². The van der Waals surface area contributed by atoms with Gasteiger partial charge in [-0.25, -0.2) is 0 Å². The maximum atomic E-state index is 2.56. The first kappa shape index (κ1) is 9.41. The number of fused-ring (bicyclic) bond motifs is 3. The zero-order valence-corrected chi connectivity index (χ0v) is 9.45. The van der Waals surface area contributed by atoms with Crippen molar-refractivity contribution in [1.82, 2.24) is 4.90 Å². The second-order valence-corrected chi connectivity index (χ2v) is 5.07. The summed E-state index contributed by atoms with van der Waals surface area (Å²) >= 11 is 0. The summed E-state index contributed by atoms with van der Waals surface area (Å²) in [6.07, 6.45) is 5.64. The number of hydrogen-bond acceptors (Lipinski definition) is 1. The Morgan fingerprint density at radius 2 is 1.93 bits per heavy atom. The molecule has 0 N–H and O–H groups in total. The fourth-order valence-corrected chi connectivity index (χ4v) is 3.43. The summed E-state index contributed by atoms with van der Waals surface area (Å²) in [6, 6.07) is 9.85. The molecule has 80 valence electrons. The highest BCUT2D eigenvalue weighted by Crippen LogP contribution is 2.40. The van der Waals surface area contributed by atoms with Gasteiger partial charge in [0.2, 0.25) is 0 Å². The minimum atomic E-state index is 0.814. The van der Waals surface area contributed by atoms with Gasteiger partial charge in [-0.2, -0.15) is 0 Å². The molecule has 15 heavy (non-hydrogen) atoms. The Balaban J connectivity index is 2.02. The van der Waals surface area contributed by atoms with Crippen molar-refractivity contribution in [1.29, 1.82) is 0 Å². The lowest BCUT2D eigenvalue weighted by atomic mass is 9.75. The predicted molar refractivity (Wildman–Crippen MR) is 62.9 cm³/mol. The second-order valence-electron chi connectivity index (χ2n) is 5.07. The molecule has 2 atom stereocenters. The van der Waals surface area contributed by atoms with Gasteiger partial charge in [-0.05, 0) is 36.9 Å². The van der Waals surface area contributed by atoms with Crippen LogP contribution in [0.2, 0.25) is 0 Å². The van der Waals surface area contributed by atoms with Crippen LogP contribution in [0.25, 0.3) is 0 Å². The standard InChI is InChI=1S/C14H19N/c1-15-10-11-6-2-3-7-12(11)13-8-4-5-9-14(13)15/h2-3,6-7,13-14H,4-5,8-10H2,1H3/t13-,14-/m1/s1. The highest BCUT2D eigenvalue weighted by atomic mass is 15.1. The lowest BCUT2D eigenvalue weighted by Gasteiger charge is -2.43. The third-order valence-electron chi connectivity index (χ3n) is 4.17. The summed E-state index contributed by atoms with van der Waals surface area (Å²) in [5.41, 5.74) is 3.20. The largest absolute Gasteiger partial charge is 0.299 e. The van der Waals surface area contributed by atoms with E-state index in [1.807, 2.05) is 0 Å². The van der Waals surface area contributed by atoms with E-state index in [2.05, 4.69) is 36.2 Å². The van der Waals surface area contributed by atoms with Crippen LogP contribution in [0.15, 0.2) is 24.3 Å². The van der Waals surface area contributed by atoms with E-state index in [1.54, 1.807) is 11.1 Å². The first-order chi connectivity index (χ1) is 7.36. The molecule has 0 saturated heterocycles. The molecule has 1 aromatic carbocycles. The van der Waals surface area contributed by atoms with Crippen LogP contribution in [0.3, 0.4) is 0 Å². The minimum absolute atomic E-state index is 0.814. The molecule has 1 aliphatic heterocycles. The van der Waals surface area contributed by atoms with Crippen LogP contribution in [0.4, 0.5) is 0 Å². The third-order valence-corrected chi connectivity index (χ3v) is 4.17. The highest BCUT2D eigenvalue weighted by Gasteiger charge is 2.34. The summed E-state index contributed by atoms with van der Waals surface area (Å²) in [7, 11) is 2.29. The molecule has 0 amide bonds. The molecular weight excluding hydrogens is 182 g/mol. The van der Waals surface area contributed by atoms with E-state index in [1.165, 1.54) is 25.7 Å². The molecule has 1 aromatic rings. The molecule has 1 aliphatic carbocycles. The molecule has 0 bridgehead atoms. The van der Waals surface area contributed by atoms with Crippen LogP contribution >= 0.6 is 0 Å². The van der Waals surface area contributed by atoms with Gasteiger partial charge in [0.15, 0.2) is 0 Å². The zero-order valence-electron chi connectivity index (χ0n) is 9.45. The molecule has 0 unspecified atom stereocenters. The first-order valence-electron chi connectivity index (χ1n) is 6.14. The minimum Gasteiger partial charge on any atom is -0.299 e. The highest BCUT2D eigenvalue weighted by molar-refractivity contribution is 5.34. The molecule has 1 heteroatoms. The van der Waals surface area contributed by atoms with Crippen molar-refractivity contribution in [3.05, 3.63) is 35.4 Å². The van der Waals surface area contributed by atoms with Crippen LogP contribution in [0.1, 0.15) is 42.7 Å². The van der Waals surface area contributed by atoms with Crippen molar-refractivity contribution in [3.63, 3.8) is 0 Å². The zero-order chi connectivity index (χ0) is 10.3. The van der Waals surface area contributed by atoms with Gasteiger partial charge in [0.25, 0.3) is 0 Å². The third kappa shape index (κ3) is 1.50. The molecule has 1 fully saturated rings. The quantitative estimate of drug-likeness (QED) is 0.623. The second kappa shape index (κ2) is 3.64. The van der Waals surface area contributed by atoms with Gasteiger partial charge >= 0.3 is 0 Å². The summed E-state index contributed by atoms with van der Waals surface area (Å²) in [6.45, 7) is 1.15. The molecule has 2 aliphatic rings. The fourth-order valence-electron chi connectivity index (χ4n) is 3.43. The van der Waals surface area contributed by atoms with Gasteiger partial charge in [0, 0.05) is 12.6 Å². The Morgan fingerprint density at radius 3 is 2.87 bits per heavy atom. The van der Waals surface area contributed by atoms with Gasteiger partial charge in [-0.15, -0.1) is 0 Å². The first-order valence-corrected chi connectivity index (χ1v) is 6.14. The van der Waals surface area contributed by atoms with Crippen molar-refractivity contribution >= 4 is 0 Å². The number of rotatable bonds is 0. The maximum Gasteiger partial charge on any atom is 0.0236 e. The van der Waals surface area contributed by atoms with E-state index in [4.69, 9.17) is 0 Å². The molecule has 3 rings (SSSR count). The van der Waals surface area contributed by atoms with Crippen molar-refractivity contribution in [2.45, 2.75) is 44.2 Å². The topological polar surface area (TPSA) is 3.24 Å². The fraction of sp³-hybridized carbons (Fsp3) is 0.571. The lowest BCUT2D eigenvalue weighted by Crippen LogP contribution is -2.42. The monoisotopic (exact) mass is 201 g/mol. The van der Waals surface area contributed by atoms with E-state index >= 15 is 0 Å². The normalized spacial score (nSPS) is 30.7. The Kier molecular flexibility index (Phi) is 2.28. The van der Waals surface area contributed by atoms with Crippen LogP contribution in [0.5, 0.6) is 0 Å². The van der Waals surface area contributed by atoms with E-state index in [-0.39, 0.29) is 0 Å². The molecule has 1 saturated carbocycles. The smallest absolute Gasteiger partial charge is 0.0236 e. The van der Waals surface area contributed by atoms with Crippen molar-refractivity contribution in [2.24, 2.45) is 0 Å². The number of nitrogens with zero attached hydrogens (tertiary/aromatic N) is 1. The summed E-state index contributed by atoms with van der Waals surface area (Å²) < 4.78 is 0. The maximum absolute atomic E-state index is 2.56. The number of benzene rings is 1. The molecule has 0 aromatic heterocycles. The summed E-state index contributed by atoms with van der Waals surface area (Å²) in [4.78, 5) is 2.56. The van der Waals surface area contributed by atoms with Gasteiger partial charge in [0.05, 0.1) is 0 Å². The van der Waals surface area contributed by atoms with E-state index in [0.717, 1.165) is 18.5 Å². The Morgan fingerprint density at radius 1 is 1.13 bits per heavy atom. The molecule has 1 nitrogen and oxygen atoms in total. The predicted octanol–water partition coefficient (Wildman–Crippen LogP) is 3.16. The van der Waals surface area contributed by atoms with Crippen LogP contribution < -0.4 is 0 Å². The van der Waals surface area contributed by atoms with E-state index in [0.29, 0.717) is 0 Å². The molecule has 0 radical (unpaired) electrons. The van der Waals surface area contributed by atoms with Gasteiger partial charge in [-0.1, -0.05) is 37.1 Å². The lowest BCUT2D eigenvalue weighted by molar-refractivity contribution is 0.143. The molecule has 0 spiro atoms. The Bertz CT molecular complexity index is 358. The average molecular weight is 201 g/mol. The van der Waals surface area contributed by atoms with Crippen LogP contribution in [-0.4, -0.2) is 18.0 Å². The van der Waals surface area contributed by atoms with Crippen molar-refractivity contribution in [2.75, 3.05) is 7.05 Å². The number of hydrogen-bond donors (Lipinski definition) is 0. The summed E-state index contributed by atoms with van der Waals surface area (Å²) in [5, 5.41) is 0. The summed E-state index contributed by atoms with van der Waals surface area (Å²) in [5.74, 6) is 0.814. The SMILES string of the molecule is CN1Cc2ccccc2[C@H]2CCCC[C@H]21. The van der Waals surface area contributed by atoms with Gasteiger partial charge < -0.3 is 0 Å². The Labute approximate surface area is 92.1 Å². The van der Waals surface area contributed by atoms with E-state index < -0.39 is 0 Å². The average Bonchev–Trinajstić information content (AvgIpc) is 2.30. The van der Waals surface area contributed by atoms with Crippen LogP contribution in [-0.2, 0) is 6.54 Å².